The summed E-state index contributed by atoms with van der Waals surface area (Å²) >= 11 is 1.70. The number of rotatable bonds is 3. The van der Waals surface area contributed by atoms with Gasteiger partial charge in [0, 0.05) is 11.1 Å². The fraction of sp³-hybridized carbons (Fsp3) is 0.231. The second kappa shape index (κ2) is 4.89. The molecular weight excluding hydrogens is 258 g/mol. The molecule has 3 rings (SSSR count). The van der Waals surface area contributed by atoms with Gasteiger partial charge in [-0.05, 0) is 31.5 Å². The van der Waals surface area contributed by atoms with Crippen LogP contribution in [0.5, 0.6) is 0 Å². The molecule has 6 heteroatoms. The Balaban J connectivity index is 1.93. The highest BCUT2D eigenvalue weighted by atomic mass is 32.1. The maximum Gasteiger partial charge on any atom is 0.138 e. The van der Waals surface area contributed by atoms with Crippen molar-refractivity contribution in [2.24, 2.45) is 0 Å². The lowest BCUT2D eigenvalue weighted by atomic mass is 10.2. The Morgan fingerprint density at radius 1 is 1.26 bits per heavy atom. The molecule has 0 aromatic carbocycles. The van der Waals surface area contributed by atoms with Crippen LogP contribution in [-0.2, 0) is 6.54 Å². The SMILES string of the molecule is Cc1sc2ncnc(NCc3cccnn3)c2c1C. The number of thiophene rings is 1. The van der Waals surface area contributed by atoms with Crippen molar-refractivity contribution >= 4 is 27.4 Å². The van der Waals surface area contributed by atoms with Crippen LogP contribution in [-0.4, -0.2) is 20.2 Å². The van der Waals surface area contributed by atoms with E-state index < -0.39 is 0 Å². The van der Waals surface area contributed by atoms with E-state index in [1.54, 1.807) is 23.9 Å². The number of hydrogen-bond acceptors (Lipinski definition) is 6. The monoisotopic (exact) mass is 271 g/mol. The number of anilines is 1. The largest absolute Gasteiger partial charge is 0.364 e. The van der Waals surface area contributed by atoms with E-state index in [1.807, 2.05) is 12.1 Å². The van der Waals surface area contributed by atoms with Crippen molar-refractivity contribution in [1.29, 1.82) is 0 Å². The first-order chi connectivity index (χ1) is 9.25. The number of fused-ring (bicyclic) bond motifs is 1. The molecule has 0 spiro atoms. The Bertz CT molecular complexity index is 708. The zero-order chi connectivity index (χ0) is 13.2. The van der Waals surface area contributed by atoms with Gasteiger partial charge in [-0.3, -0.25) is 0 Å². The summed E-state index contributed by atoms with van der Waals surface area (Å²) in [6, 6.07) is 3.81. The predicted molar refractivity (Wildman–Crippen MR) is 76.2 cm³/mol. The molecular formula is C13H13N5S. The molecule has 0 bridgehead atoms. The molecule has 0 unspecified atom stereocenters. The van der Waals surface area contributed by atoms with E-state index in [4.69, 9.17) is 0 Å². The summed E-state index contributed by atoms with van der Waals surface area (Å²) < 4.78 is 0. The Kier molecular flexibility index (Phi) is 3.08. The summed E-state index contributed by atoms with van der Waals surface area (Å²) in [4.78, 5) is 10.9. The molecule has 96 valence electrons. The van der Waals surface area contributed by atoms with E-state index in [2.05, 4.69) is 39.3 Å². The fourth-order valence-electron chi connectivity index (χ4n) is 1.92. The third-order valence-electron chi connectivity index (χ3n) is 3.03. The summed E-state index contributed by atoms with van der Waals surface area (Å²) in [5.41, 5.74) is 2.13. The second-order valence-electron chi connectivity index (χ2n) is 4.25. The Morgan fingerprint density at radius 3 is 2.95 bits per heavy atom. The van der Waals surface area contributed by atoms with Crippen LogP contribution in [0.25, 0.3) is 10.2 Å². The quantitative estimate of drug-likeness (QED) is 0.793. The average molecular weight is 271 g/mol. The van der Waals surface area contributed by atoms with Crippen molar-refractivity contribution in [3.8, 4) is 0 Å². The van der Waals surface area contributed by atoms with Gasteiger partial charge in [-0.1, -0.05) is 0 Å². The standard InChI is InChI=1S/C13H13N5S/c1-8-9(2)19-13-11(8)12(15-7-16-13)14-6-10-4-3-5-17-18-10/h3-5,7H,6H2,1-2H3,(H,14,15,16). The lowest BCUT2D eigenvalue weighted by Gasteiger charge is -2.06. The van der Waals surface area contributed by atoms with Crippen LogP contribution in [0.4, 0.5) is 5.82 Å². The van der Waals surface area contributed by atoms with E-state index in [-0.39, 0.29) is 0 Å². The zero-order valence-corrected chi connectivity index (χ0v) is 11.5. The first-order valence-corrected chi connectivity index (χ1v) is 6.78. The van der Waals surface area contributed by atoms with E-state index in [0.717, 1.165) is 21.7 Å². The maximum atomic E-state index is 4.33. The number of aromatic nitrogens is 4. The topological polar surface area (TPSA) is 63.6 Å². The molecule has 1 N–H and O–H groups in total. The van der Waals surface area contributed by atoms with Crippen LogP contribution >= 0.6 is 11.3 Å². The van der Waals surface area contributed by atoms with Crippen molar-refractivity contribution < 1.29 is 0 Å². The van der Waals surface area contributed by atoms with Crippen LogP contribution in [0, 0.1) is 13.8 Å². The molecule has 0 fully saturated rings. The van der Waals surface area contributed by atoms with Gasteiger partial charge in [-0.25, -0.2) is 9.97 Å². The number of nitrogens with zero attached hydrogens (tertiary/aromatic N) is 4. The molecule has 0 saturated carbocycles. The van der Waals surface area contributed by atoms with Gasteiger partial charge >= 0.3 is 0 Å². The van der Waals surface area contributed by atoms with Crippen molar-refractivity contribution in [3.05, 3.63) is 40.8 Å². The number of aryl methyl sites for hydroxylation is 2. The maximum absolute atomic E-state index is 4.33. The van der Waals surface area contributed by atoms with Gasteiger partial charge in [-0.15, -0.1) is 11.3 Å². The summed E-state index contributed by atoms with van der Waals surface area (Å²) in [5.74, 6) is 0.859. The molecule has 3 heterocycles. The third-order valence-corrected chi connectivity index (χ3v) is 4.15. The molecule has 5 nitrogen and oxygen atoms in total. The lowest BCUT2D eigenvalue weighted by Crippen LogP contribution is -2.04. The molecule has 0 aliphatic rings. The molecule has 0 atom stereocenters. The van der Waals surface area contributed by atoms with Crippen molar-refractivity contribution in [2.45, 2.75) is 20.4 Å². The van der Waals surface area contributed by atoms with E-state index in [0.29, 0.717) is 6.54 Å². The normalized spacial score (nSPS) is 10.8. The Morgan fingerprint density at radius 2 is 2.16 bits per heavy atom. The molecule has 19 heavy (non-hydrogen) atoms. The van der Waals surface area contributed by atoms with Crippen LogP contribution in [0.3, 0.4) is 0 Å². The highest BCUT2D eigenvalue weighted by Crippen LogP contribution is 2.32. The van der Waals surface area contributed by atoms with Crippen molar-refractivity contribution in [2.75, 3.05) is 5.32 Å². The Labute approximate surface area is 114 Å². The average Bonchev–Trinajstić information content (AvgIpc) is 2.74. The van der Waals surface area contributed by atoms with Gasteiger partial charge in [0.25, 0.3) is 0 Å². The second-order valence-corrected chi connectivity index (χ2v) is 5.46. The summed E-state index contributed by atoms with van der Waals surface area (Å²) in [6.07, 6.45) is 3.26. The highest BCUT2D eigenvalue weighted by molar-refractivity contribution is 7.18. The van der Waals surface area contributed by atoms with Crippen LogP contribution < -0.4 is 5.32 Å². The van der Waals surface area contributed by atoms with Gasteiger partial charge in [0.15, 0.2) is 0 Å². The predicted octanol–water partition coefficient (Wildman–Crippen LogP) is 2.71. The van der Waals surface area contributed by atoms with Crippen LogP contribution in [0.2, 0.25) is 0 Å². The van der Waals surface area contributed by atoms with Gasteiger partial charge in [-0.2, -0.15) is 10.2 Å². The highest BCUT2D eigenvalue weighted by Gasteiger charge is 2.11. The van der Waals surface area contributed by atoms with Gasteiger partial charge in [0.05, 0.1) is 17.6 Å². The van der Waals surface area contributed by atoms with E-state index in [9.17, 15) is 0 Å². The summed E-state index contributed by atoms with van der Waals surface area (Å²) in [6.45, 7) is 4.81. The first-order valence-electron chi connectivity index (χ1n) is 5.97. The Hall–Kier alpha value is -2.08. The summed E-state index contributed by atoms with van der Waals surface area (Å²) in [5, 5.41) is 12.3. The van der Waals surface area contributed by atoms with E-state index >= 15 is 0 Å². The van der Waals surface area contributed by atoms with Gasteiger partial charge < -0.3 is 5.32 Å². The van der Waals surface area contributed by atoms with E-state index in [1.165, 1.54) is 10.4 Å². The molecule has 3 aromatic rings. The van der Waals surface area contributed by atoms with Gasteiger partial charge in [0.2, 0.25) is 0 Å². The van der Waals surface area contributed by atoms with Crippen LogP contribution in [0.1, 0.15) is 16.1 Å². The molecule has 0 saturated heterocycles. The minimum absolute atomic E-state index is 0.605. The summed E-state index contributed by atoms with van der Waals surface area (Å²) in [7, 11) is 0. The minimum atomic E-state index is 0.605. The van der Waals surface area contributed by atoms with Crippen molar-refractivity contribution in [3.63, 3.8) is 0 Å². The van der Waals surface area contributed by atoms with Gasteiger partial charge in [0.1, 0.15) is 17.0 Å². The number of hydrogen-bond donors (Lipinski definition) is 1. The third kappa shape index (κ3) is 2.26. The molecule has 0 aliphatic heterocycles. The lowest BCUT2D eigenvalue weighted by molar-refractivity contribution is 0.921. The molecule has 0 aliphatic carbocycles. The first kappa shape index (κ1) is 12.0. The van der Waals surface area contributed by atoms with Crippen molar-refractivity contribution in [1.82, 2.24) is 20.2 Å². The fourth-order valence-corrected chi connectivity index (χ4v) is 2.92. The molecule has 0 amide bonds. The smallest absolute Gasteiger partial charge is 0.138 e. The molecule has 0 radical (unpaired) electrons. The van der Waals surface area contributed by atoms with Crippen LogP contribution in [0.15, 0.2) is 24.7 Å². The minimum Gasteiger partial charge on any atom is -0.364 e. The zero-order valence-electron chi connectivity index (χ0n) is 10.7. The number of nitrogens with one attached hydrogen (secondary N) is 1. The molecule has 3 aromatic heterocycles.